The zero-order valence-electron chi connectivity index (χ0n) is 12.2. The fourth-order valence-corrected chi connectivity index (χ4v) is 2.85. The molecule has 0 N–H and O–H groups in total. The van der Waals surface area contributed by atoms with Crippen molar-refractivity contribution in [2.75, 3.05) is 27.2 Å². The van der Waals surface area contributed by atoms with Crippen molar-refractivity contribution in [1.29, 1.82) is 0 Å². The summed E-state index contributed by atoms with van der Waals surface area (Å²) in [7, 11) is 4.24. The van der Waals surface area contributed by atoms with Gasteiger partial charge in [0.05, 0.1) is 24.3 Å². The molecular formula is C15H22N4O. The van der Waals surface area contributed by atoms with Gasteiger partial charge in [0.2, 0.25) is 0 Å². The summed E-state index contributed by atoms with van der Waals surface area (Å²) in [6, 6.07) is 4.63. The van der Waals surface area contributed by atoms with Gasteiger partial charge in [-0.25, -0.2) is 0 Å². The third-order valence-electron chi connectivity index (χ3n) is 3.85. The maximum absolute atomic E-state index is 5.17. The molecule has 108 valence electrons. The molecule has 20 heavy (non-hydrogen) atoms. The van der Waals surface area contributed by atoms with Gasteiger partial charge in [0.25, 0.3) is 0 Å². The van der Waals surface area contributed by atoms with Crippen molar-refractivity contribution >= 4 is 0 Å². The van der Waals surface area contributed by atoms with Crippen LogP contribution >= 0.6 is 0 Å². The first kappa shape index (κ1) is 13.4. The average molecular weight is 274 g/mol. The summed E-state index contributed by atoms with van der Waals surface area (Å²) in [5, 5.41) is 4.50. The lowest BCUT2D eigenvalue weighted by atomic mass is 10.1. The molecule has 0 spiro atoms. The minimum atomic E-state index is 0.461. The van der Waals surface area contributed by atoms with Gasteiger partial charge in [0.1, 0.15) is 0 Å². The fraction of sp³-hybridized carbons (Fsp3) is 0.533. The molecule has 3 rings (SSSR count). The quantitative estimate of drug-likeness (QED) is 0.835. The van der Waals surface area contributed by atoms with E-state index in [0.717, 1.165) is 32.6 Å². The zero-order chi connectivity index (χ0) is 13.9. The minimum absolute atomic E-state index is 0.461. The molecular weight excluding hydrogens is 252 g/mol. The van der Waals surface area contributed by atoms with E-state index >= 15 is 0 Å². The van der Waals surface area contributed by atoms with Crippen LogP contribution in [0.3, 0.4) is 0 Å². The Hall–Kier alpha value is -1.59. The predicted octanol–water partition coefficient (Wildman–Crippen LogP) is 1.98. The van der Waals surface area contributed by atoms with Crippen LogP contribution in [0.25, 0.3) is 0 Å². The number of furan rings is 1. The van der Waals surface area contributed by atoms with Gasteiger partial charge in [-0.15, -0.1) is 0 Å². The Balaban J connectivity index is 1.70. The van der Waals surface area contributed by atoms with Gasteiger partial charge in [0, 0.05) is 31.4 Å². The van der Waals surface area contributed by atoms with Crippen molar-refractivity contribution in [3.63, 3.8) is 0 Å². The molecule has 5 heteroatoms. The van der Waals surface area contributed by atoms with Crippen molar-refractivity contribution in [1.82, 2.24) is 19.6 Å². The number of rotatable bonds is 5. The number of nitrogens with zero attached hydrogens (tertiary/aromatic N) is 4. The van der Waals surface area contributed by atoms with Crippen LogP contribution in [0.2, 0.25) is 0 Å². The second-order valence-corrected chi connectivity index (χ2v) is 5.81. The summed E-state index contributed by atoms with van der Waals surface area (Å²) in [6.07, 6.45) is 6.62. The third kappa shape index (κ3) is 2.94. The van der Waals surface area contributed by atoms with E-state index in [2.05, 4.69) is 39.7 Å². The Morgan fingerprint density at radius 1 is 1.40 bits per heavy atom. The summed E-state index contributed by atoms with van der Waals surface area (Å²) in [6.45, 7) is 4.04. The van der Waals surface area contributed by atoms with Gasteiger partial charge >= 0.3 is 0 Å². The molecule has 1 aliphatic rings. The monoisotopic (exact) mass is 274 g/mol. The van der Waals surface area contributed by atoms with Crippen LogP contribution in [-0.2, 0) is 13.1 Å². The second-order valence-electron chi connectivity index (χ2n) is 5.81. The van der Waals surface area contributed by atoms with Crippen LogP contribution in [0, 0.1) is 0 Å². The van der Waals surface area contributed by atoms with Crippen LogP contribution < -0.4 is 0 Å². The summed E-state index contributed by atoms with van der Waals surface area (Å²) in [5.74, 6) is 0. The molecule has 0 bridgehead atoms. The summed E-state index contributed by atoms with van der Waals surface area (Å²) >= 11 is 0. The van der Waals surface area contributed by atoms with Gasteiger partial charge in [-0.1, -0.05) is 0 Å². The van der Waals surface area contributed by atoms with E-state index in [1.165, 1.54) is 11.3 Å². The first-order valence-corrected chi connectivity index (χ1v) is 7.13. The highest BCUT2D eigenvalue weighted by atomic mass is 16.3. The van der Waals surface area contributed by atoms with E-state index in [-0.39, 0.29) is 0 Å². The first-order chi connectivity index (χ1) is 9.72. The predicted molar refractivity (Wildman–Crippen MR) is 77.3 cm³/mol. The lowest BCUT2D eigenvalue weighted by Crippen LogP contribution is -2.38. The molecule has 0 saturated heterocycles. The Morgan fingerprint density at radius 3 is 3.05 bits per heavy atom. The summed E-state index contributed by atoms with van der Waals surface area (Å²) < 4.78 is 7.37. The molecule has 1 atom stereocenters. The molecule has 0 aromatic carbocycles. The van der Waals surface area contributed by atoms with Gasteiger partial charge in [0.15, 0.2) is 0 Å². The average Bonchev–Trinajstić information content (AvgIpc) is 3.06. The van der Waals surface area contributed by atoms with Crippen LogP contribution in [0.1, 0.15) is 23.7 Å². The minimum Gasteiger partial charge on any atom is -0.472 e. The van der Waals surface area contributed by atoms with Crippen LogP contribution in [0.5, 0.6) is 0 Å². The van der Waals surface area contributed by atoms with Crippen molar-refractivity contribution in [3.8, 4) is 0 Å². The Bertz CT molecular complexity index is 532. The van der Waals surface area contributed by atoms with Crippen LogP contribution in [0.4, 0.5) is 0 Å². The summed E-state index contributed by atoms with van der Waals surface area (Å²) in [4.78, 5) is 4.71. The number of aromatic nitrogens is 2. The van der Waals surface area contributed by atoms with E-state index in [1.807, 2.05) is 18.5 Å². The Labute approximate surface area is 119 Å². The van der Waals surface area contributed by atoms with Gasteiger partial charge in [-0.05, 0) is 39.2 Å². The van der Waals surface area contributed by atoms with Gasteiger partial charge in [-0.2, -0.15) is 5.10 Å². The molecule has 0 aliphatic carbocycles. The molecule has 3 heterocycles. The largest absolute Gasteiger partial charge is 0.472 e. The van der Waals surface area contributed by atoms with E-state index in [4.69, 9.17) is 4.42 Å². The van der Waals surface area contributed by atoms with E-state index in [1.54, 1.807) is 6.26 Å². The standard InChI is InChI=1S/C15H22N4O/c1-17(2)7-4-15-11-18(9-13-5-8-20-12-13)10-14-3-6-16-19(14)15/h3,5-6,8,12,15H,4,7,9-11H2,1-2H3. The summed E-state index contributed by atoms with van der Waals surface area (Å²) in [5.41, 5.74) is 2.55. The van der Waals surface area contributed by atoms with Crippen molar-refractivity contribution in [2.24, 2.45) is 0 Å². The van der Waals surface area contributed by atoms with E-state index < -0.39 is 0 Å². The third-order valence-corrected chi connectivity index (χ3v) is 3.85. The second kappa shape index (κ2) is 5.81. The molecule has 0 radical (unpaired) electrons. The lowest BCUT2D eigenvalue weighted by molar-refractivity contribution is 0.154. The maximum atomic E-state index is 5.17. The SMILES string of the molecule is CN(C)CCC1CN(Cc2ccoc2)Cc2ccnn21. The van der Waals surface area contributed by atoms with Crippen LogP contribution in [-0.4, -0.2) is 46.8 Å². The van der Waals surface area contributed by atoms with Gasteiger partial charge in [-0.3, -0.25) is 9.58 Å². The van der Waals surface area contributed by atoms with Gasteiger partial charge < -0.3 is 9.32 Å². The molecule has 0 saturated carbocycles. The highest BCUT2D eigenvalue weighted by molar-refractivity contribution is 5.09. The fourth-order valence-electron chi connectivity index (χ4n) is 2.85. The smallest absolute Gasteiger partial charge is 0.0947 e. The lowest BCUT2D eigenvalue weighted by Gasteiger charge is -2.34. The molecule has 1 aliphatic heterocycles. The molecule has 2 aromatic rings. The molecule has 0 amide bonds. The van der Waals surface area contributed by atoms with Crippen molar-refractivity contribution in [2.45, 2.75) is 25.6 Å². The van der Waals surface area contributed by atoms with Crippen molar-refractivity contribution in [3.05, 3.63) is 42.1 Å². The number of hydrogen-bond donors (Lipinski definition) is 0. The Morgan fingerprint density at radius 2 is 2.30 bits per heavy atom. The normalized spacial score (nSPS) is 19.4. The maximum Gasteiger partial charge on any atom is 0.0947 e. The Kier molecular flexibility index (Phi) is 3.89. The molecule has 1 unspecified atom stereocenters. The van der Waals surface area contributed by atoms with Crippen molar-refractivity contribution < 1.29 is 4.42 Å². The molecule has 0 fully saturated rings. The zero-order valence-corrected chi connectivity index (χ0v) is 12.2. The van der Waals surface area contributed by atoms with E-state index in [9.17, 15) is 0 Å². The molecule has 2 aromatic heterocycles. The first-order valence-electron chi connectivity index (χ1n) is 7.13. The number of fused-ring (bicyclic) bond motifs is 1. The highest BCUT2D eigenvalue weighted by Crippen LogP contribution is 2.24. The van der Waals surface area contributed by atoms with E-state index in [0.29, 0.717) is 6.04 Å². The van der Waals surface area contributed by atoms with Crippen LogP contribution in [0.15, 0.2) is 35.3 Å². The number of hydrogen-bond acceptors (Lipinski definition) is 4. The highest BCUT2D eigenvalue weighted by Gasteiger charge is 2.25. The molecule has 5 nitrogen and oxygen atoms in total. The topological polar surface area (TPSA) is 37.4 Å².